The summed E-state index contributed by atoms with van der Waals surface area (Å²) in [5, 5.41) is 4.70. The molecule has 0 spiro atoms. The molecule has 0 saturated heterocycles. The smallest absolute Gasteiger partial charge is 0.344 e. The van der Waals surface area contributed by atoms with Crippen LogP contribution in [0.2, 0.25) is 5.02 Å². The molecular formula is C17H20ClN3O5. The quantitative estimate of drug-likeness (QED) is 0.679. The van der Waals surface area contributed by atoms with Crippen molar-refractivity contribution in [1.82, 2.24) is 14.8 Å². The van der Waals surface area contributed by atoms with Gasteiger partial charge < -0.3 is 14.2 Å². The van der Waals surface area contributed by atoms with Crippen molar-refractivity contribution in [1.29, 1.82) is 0 Å². The average molecular weight is 382 g/mol. The molecule has 0 aliphatic heterocycles. The van der Waals surface area contributed by atoms with Gasteiger partial charge in [-0.1, -0.05) is 11.6 Å². The molecule has 140 valence electrons. The number of rotatable bonds is 7. The summed E-state index contributed by atoms with van der Waals surface area (Å²) in [7, 11) is 3.01. The zero-order chi connectivity index (χ0) is 19.3. The second kappa shape index (κ2) is 8.18. The molecule has 2 heterocycles. The largest absolute Gasteiger partial charge is 0.469 e. The first kappa shape index (κ1) is 19.7. The van der Waals surface area contributed by atoms with E-state index in [2.05, 4.69) is 14.8 Å². The number of carbonyl (C=O) groups excluding carboxylic acids is 2. The van der Waals surface area contributed by atoms with E-state index in [4.69, 9.17) is 21.1 Å². The molecular weight excluding hydrogens is 362 g/mol. The summed E-state index contributed by atoms with van der Waals surface area (Å²) < 4.78 is 16.6. The molecule has 0 atom stereocenters. The highest BCUT2D eigenvalue weighted by atomic mass is 35.5. The summed E-state index contributed by atoms with van der Waals surface area (Å²) in [6.45, 7) is 2.81. The second-order valence-corrected chi connectivity index (χ2v) is 6.61. The Kier molecular flexibility index (Phi) is 6.20. The van der Waals surface area contributed by atoms with E-state index in [0.717, 1.165) is 0 Å². The molecule has 0 aliphatic carbocycles. The number of nitrogens with zero attached hydrogens (tertiary/aromatic N) is 3. The fourth-order valence-corrected chi connectivity index (χ4v) is 2.16. The maximum Gasteiger partial charge on any atom is 0.344 e. The Labute approximate surface area is 156 Å². The van der Waals surface area contributed by atoms with Crippen LogP contribution in [0.25, 0.3) is 11.4 Å². The maximum absolute atomic E-state index is 11.8. The van der Waals surface area contributed by atoms with Crippen LogP contribution >= 0.6 is 11.6 Å². The third kappa shape index (κ3) is 4.95. The number of halogens is 1. The van der Waals surface area contributed by atoms with E-state index in [0.29, 0.717) is 16.4 Å². The molecule has 0 aliphatic rings. The number of aryl methyl sites for hydroxylation is 1. The number of carbonyl (C=O) groups is 2. The van der Waals surface area contributed by atoms with Gasteiger partial charge in [0.15, 0.2) is 6.61 Å². The Morgan fingerprint density at radius 1 is 1.31 bits per heavy atom. The van der Waals surface area contributed by atoms with Gasteiger partial charge in [-0.15, -0.1) is 5.10 Å². The first-order valence-electron chi connectivity index (χ1n) is 7.76. The van der Waals surface area contributed by atoms with E-state index in [1.54, 1.807) is 43.8 Å². The van der Waals surface area contributed by atoms with Crippen molar-refractivity contribution in [3.8, 4) is 17.3 Å². The van der Waals surface area contributed by atoms with Crippen LogP contribution in [0, 0.1) is 5.41 Å². The van der Waals surface area contributed by atoms with E-state index >= 15 is 0 Å². The van der Waals surface area contributed by atoms with Crippen molar-refractivity contribution in [2.24, 2.45) is 12.5 Å². The van der Waals surface area contributed by atoms with Gasteiger partial charge >= 0.3 is 11.9 Å². The van der Waals surface area contributed by atoms with Crippen LogP contribution in [-0.4, -0.2) is 47.0 Å². The Morgan fingerprint density at radius 3 is 2.65 bits per heavy atom. The fourth-order valence-electron chi connectivity index (χ4n) is 2.05. The molecule has 0 unspecified atom stereocenters. The number of hydrogen-bond acceptors (Lipinski definition) is 7. The molecule has 0 bridgehead atoms. The van der Waals surface area contributed by atoms with E-state index in [1.807, 2.05) is 0 Å². The molecule has 2 aromatic heterocycles. The van der Waals surface area contributed by atoms with Gasteiger partial charge in [0.25, 0.3) is 0 Å². The van der Waals surface area contributed by atoms with Gasteiger partial charge in [-0.05, 0) is 26.0 Å². The molecule has 0 fully saturated rings. The Morgan fingerprint density at radius 2 is 2.04 bits per heavy atom. The summed E-state index contributed by atoms with van der Waals surface area (Å²) in [5.74, 6) is -0.821. The topological polar surface area (TPSA) is 92.5 Å². The average Bonchev–Trinajstić information content (AvgIpc) is 2.99. The number of esters is 2. The van der Waals surface area contributed by atoms with Crippen LogP contribution in [0.4, 0.5) is 0 Å². The van der Waals surface area contributed by atoms with Gasteiger partial charge in [-0.3, -0.25) is 14.5 Å². The zero-order valence-corrected chi connectivity index (χ0v) is 15.7. The van der Waals surface area contributed by atoms with Crippen LogP contribution in [-0.2, 0) is 26.1 Å². The molecule has 0 amide bonds. The number of pyridine rings is 1. The molecule has 26 heavy (non-hydrogen) atoms. The van der Waals surface area contributed by atoms with Crippen LogP contribution in [0.15, 0.2) is 24.4 Å². The highest BCUT2D eigenvalue weighted by Crippen LogP contribution is 2.22. The number of aromatic nitrogens is 3. The van der Waals surface area contributed by atoms with Crippen molar-refractivity contribution >= 4 is 23.5 Å². The van der Waals surface area contributed by atoms with Crippen molar-refractivity contribution in [2.75, 3.05) is 20.3 Å². The third-order valence-electron chi connectivity index (χ3n) is 3.52. The lowest BCUT2D eigenvalue weighted by atomic mass is 9.95. The Hall–Kier alpha value is -2.61. The van der Waals surface area contributed by atoms with Crippen LogP contribution < -0.4 is 4.74 Å². The van der Waals surface area contributed by atoms with E-state index in [9.17, 15) is 9.59 Å². The minimum absolute atomic E-state index is 0.107. The van der Waals surface area contributed by atoms with Crippen molar-refractivity contribution in [3.63, 3.8) is 0 Å². The number of ether oxygens (including phenoxy) is 3. The van der Waals surface area contributed by atoms with Crippen LogP contribution in [0.3, 0.4) is 0 Å². The predicted molar refractivity (Wildman–Crippen MR) is 93.7 cm³/mol. The first-order valence-corrected chi connectivity index (χ1v) is 8.13. The summed E-state index contributed by atoms with van der Waals surface area (Å²) >= 11 is 5.83. The fraction of sp³-hybridized carbons (Fsp3) is 0.412. The van der Waals surface area contributed by atoms with Crippen molar-refractivity contribution in [2.45, 2.75) is 13.8 Å². The van der Waals surface area contributed by atoms with Gasteiger partial charge in [-0.25, -0.2) is 4.79 Å². The van der Waals surface area contributed by atoms with Gasteiger partial charge in [0.05, 0.1) is 28.9 Å². The molecule has 0 N–H and O–H groups in total. The van der Waals surface area contributed by atoms with Gasteiger partial charge in [0.1, 0.15) is 6.61 Å². The van der Waals surface area contributed by atoms with Crippen LogP contribution in [0.5, 0.6) is 5.88 Å². The summed E-state index contributed by atoms with van der Waals surface area (Å²) in [4.78, 5) is 27.6. The first-order chi connectivity index (χ1) is 12.2. The summed E-state index contributed by atoms with van der Waals surface area (Å²) in [6, 6.07) is 5.13. The lowest BCUT2D eigenvalue weighted by Crippen LogP contribution is -2.32. The SMILES string of the molecule is COC(=O)C(C)(C)COC(=O)COc1cc(-c2ccc(Cl)cn2)n(C)n1. The Balaban J connectivity index is 1.92. The molecule has 9 heteroatoms. The molecule has 0 radical (unpaired) electrons. The van der Waals surface area contributed by atoms with Crippen molar-refractivity contribution in [3.05, 3.63) is 29.4 Å². The van der Waals surface area contributed by atoms with Gasteiger partial charge in [0.2, 0.25) is 5.88 Å². The molecule has 0 saturated carbocycles. The normalized spacial score (nSPS) is 11.1. The second-order valence-electron chi connectivity index (χ2n) is 6.18. The van der Waals surface area contributed by atoms with Gasteiger partial charge in [0, 0.05) is 19.3 Å². The number of methoxy groups -OCH3 is 1. The monoisotopic (exact) mass is 381 g/mol. The van der Waals surface area contributed by atoms with Gasteiger partial charge in [-0.2, -0.15) is 0 Å². The molecule has 2 rings (SSSR count). The van der Waals surface area contributed by atoms with E-state index in [-0.39, 0.29) is 19.1 Å². The molecule has 8 nitrogen and oxygen atoms in total. The lowest BCUT2D eigenvalue weighted by molar-refractivity contribution is -0.160. The Bertz CT molecular complexity index is 786. The van der Waals surface area contributed by atoms with Crippen molar-refractivity contribution < 1.29 is 23.8 Å². The predicted octanol–water partition coefficient (Wildman–Crippen LogP) is 2.26. The minimum atomic E-state index is -0.928. The summed E-state index contributed by atoms with van der Waals surface area (Å²) in [6.07, 6.45) is 1.53. The van der Waals surface area contributed by atoms with Crippen LogP contribution in [0.1, 0.15) is 13.8 Å². The zero-order valence-electron chi connectivity index (χ0n) is 15.0. The lowest BCUT2D eigenvalue weighted by Gasteiger charge is -2.20. The van der Waals surface area contributed by atoms with E-state index < -0.39 is 17.4 Å². The third-order valence-corrected chi connectivity index (χ3v) is 3.74. The van der Waals surface area contributed by atoms with E-state index in [1.165, 1.54) is 13.3 Å². The molecule has 0 aromatic carbocycles. The highest BCUT2D eigenvalue weighted by Gasteiger charge is 2.30. The number of hydrogen-bond donors (Lipinski definition) is 0. The summed E-state index contributed by atoms with van der Waals surface area (Å²) in [5.41, 5.74) is 0.446. The highest BCUT2D eigenvalue weighted by molar-refractivity contribution is 6.30. The maximum atomic E-state index is 11.8. The standard InChI is InChI=1S/C17H20ClN3O5/c1-17(2,16(23)24-4)10-26-15(22)9-25-14-7-13(21(3)20-14)12-6-5-11(18)8-19-12/h5-8H,9-10H2,1-4H3. The molecule has 2 aromatic rings. The minimum Gasteiger partial charge on any atom is -0.469 e.